The third kappa shape index (κ3) is 3.95. The number of benzene rings is 2. The molecule has 0 fully saturated rings. The quantitative estimate of drug-likeness (QED) is 0.526. The molecule has 0 bridgehead atoms. The van der Waals surface area contributed by atoms with E-state index in [2.05, 4.69) is 15.2 Å². The molecule has 2 heterocycles. The lowest BCUT2D eigenvalue weighted by Gasteiger charge is -2.30. The van der Waals surface area contributed by atoms with Gasteiger partial charge in [0.25, 0.3) is 0 Å². The number of hydrogen-bond donors (Lipinski definition) is 0. The zero-order chi connectivity index (χ0) is 22.8. The van der Waals surface area contributed by atoms with Crippen LogP contribution in [0.2, 0.25) is 0 Å². The Labute approximate surface area is 190 Å². The van der Waals surface area contributed by atoms with E-state index in [4.69, 9.17) is 14.2 Å². The summed E-state index contributed by atoms with van der Waals surface area (Å²) < 4.78 is 17.3. The summed E-state index contributed by atoms with van der Waals surface area (Å²) in [7, 11) is 3.15. The van der Waals surface area contributed by atoms with Crippen molar-refractivity contribution in [1.82, 2.24) is 15.2 Å². The van der Waals surface area contributed by atoms with E-state index in [9.17, 15) is 4.79 Å². The van der Waals surface area contributed by atoms with E-state index in [0.29, 0.717) is 39.5 Å². The lowest BCUT2D eigenvalue weighted by Crippen LogP contribution is -2.36. The number of hydrogen-bond acceptors (Lipinski definition) is 8. The van der Waals surface area contributed by atoms with Gasteiger partial charge >= 0.3 is 0 Å². The van der Waals surface area contributed by atoms with Gasteiger partial charge in [0.1, 0.15) is 11.5 Å². The fourth-order valence-corrected chi connectivity index (χ4v) is 4.14. The number of anilines is 1. The van der Waals surface area contributed by atoms with Gasteiger partial charge in [-0.2, -0.15) is 4.98 Å². The second-order valence-electron chi connectivity index (χ2n) is 7.17. The van der Waals surface area contributed by atoms with E-state index in [1.807, 2.05) is 38.1 Å². The van der Waals surface area contributed by atoms with Crippen molar-refractivity contribution in [3.63, 3.8) is 0 Å². The molecule has 0 saturated carbocycles. The van der Waals surface area contributed by atoms with E-state index < -0.39 is 6.23 Å². The van der Waals surface area contributed by atoms with Crippen LogP contribution < -0.4 is 19.1 Å². The predicted octanol–water partition coefficient (Wildman–Crippen LogP) is 4.42. The van der Waals surface area contributed by atoms with Crippen LogP contribution in [0.1, 0.15) is 31.2 Å². The molecule has 2 aromatic carbocycles. The fourth-order valence-electron chi connectivity index (χ4n) is 3.63. The SMILES string of the molecule is CCSc1nnc2c(n1)O[C@@H](c1ccc(OC)cc1OC)N(C(C)=O)c1ccc(C)cc1-2. The first kappa shape index (κ1) is 21.9. The first-order valence-corrected chi connectivity index (χ1v) is 11.1. The van der Waals surface area contributed by atoms with Crippen LogP contribution in [0.25, 0.3) is 11.3 Å². The van der Waals surface area contributed by atoms with Crippen molar-refractivity contribution in [2.24, 2.45) is 0 Å². The monoisotopic (exact) mass is 452 g/mol. The average molecular weight is 453 g/mol. The third-order valence-electron chi connectivity index (χ3n) is 5.08. The molecule has 1 aliphatic heterocycles. The van der Waals surface area contributed by atoms with Crippen LogP contribution in [-0.4, -0.2) is 41.1 Å². The van der Waals surface area contributed by atoms with Crippen molar-refractivity contribution >= 4 is 23.4 Å². The Balaban J connectivity index is 1.98. The number of ether oxygens (including phenoxy) is 3. The number of carbonyl (C=O) groups excluding carboxylic acids is 1. The van der Waals surface area contributed by atoms with E-state index >= 15 is 0 Å². The molecule has 0 N–H and O–H groups in total. The molecule has 8 nitrogen and oxygen atoms in total. The number of fused-ring (bicyclic) bond motifs is 3. The Morgan fingerprint density at radius 2 is 1.97 bits per heavy atom. The van der Waals surface area contributed by atoms with Gasteiger partial charge in [0.05, 0.1) is 25.5 Å². The topological polar surface area (TPSA) is 86.7 Å². The summed E-state index contributed by atoms with van der Waals surface area (Å²) in [5, 5.41) is 9.19. The molecule has 32 heavy (non-hydrogen) atoms. The van der Waals surface area contributed by atoms with Gasteiger partial charge in [-0.3, -0.25) is 9.69 Å². The highest BCUT2D eigenvalue weighted by molar-refractivity contribution is 7.99. The minimum atomic E-state index is -0.827. The first-order valence-electron chi connectivity index (χ1n) is 10.1. The van der Waals surface area contributed by atoms with Gasteiger partial charge in [0.2, 0.25) is 23.2 Å². The summed E-state index contributed by atoms with van der Waals surface area (Å²) in [5.74, 6) is 2.08. The van der Waals surface area contributed by atoms with Gasteiger partial charge in [0.15, 0.2) is 5.69 Å². The van der Waals surface area contributed by atoms with Crippen molar-refractivity contribution in [1.29, 1.82) is 0 Å². The number of aromatic nitrogens is 3. The Morgan fingerprint density at radius 1 is 1.16 bits per heavy atom. The molecule has 166 valence electrons. The summed E-state index contributed by atoms with van der Waals surface area (Å²) in [6.07, 6.45) is -0.827. The maximum atomic E-state index is 12.9. The Bertz CT molecular complexity index is 1170. The standard InChI is InChI=1S/C23H24N4O4S/c1-6-32-23-24-21-20(25-26-23)17-11-13(2)7-10-18(17)27(14(3)28)22(31-21)16-9-8-15(29-4)12-19(16)30-5/h7-12,22H,6H2,1-5H3/t22-/m0/s1. The van der Waals surface area contributed by atoms with Gasteiger partial charge in [-0.05, 0) is 36.9 Å². The van der Waals surface area contributed by atoms with Crippen LogP contribution in [-0.2, 0) is 4.79 Å². The second-order valence-corrected chi connectivity index (χ2v) is 8.40. The summed E-state index contributed by atoms with van der Waals surface area (Å²) in [6, 6.07) is 11.2. The molecular formula is C23H24N4O4S. The highest BCUT2D eigenvalue weighted by Gasteiger charge is 2.36. The molecule has 1 amide bonds. The van der Waals surface area contributed by atoms with Crippen LogP contribution in [0, 0.1) is 6.92 Å². The zero-order valence-electron chi connectivity index (χ0n) is 18.6. The van der Waals surface area contributed by atoms with E-state index in [0.717, 1.165) is 16.9 Å². The second kappa shape index (κ2) is 9.04. The van der Waals surface area contributed by atoms with Crippen LogP contribution in [0.3, 0.4) is 0 Å². The third-order valence-corrected chi connectivity index (χ3v) is 5.80. The van der Waals surface area contributed by atoms with Gasteiger partial charge < -0.3 is 14.2 Å². The average Bonchev–Trinajstić information content (AvgIpc) is 2.92. The predicted molar refractivity (Wildman–Crippen MR) is 122 cm³/mol. The molecule has 0 saturated heterocycles. The van der Waals surface area contributed by atoms with Crippen molar-refractivity contribution in [2.75, 3.05) is 24.9 Å². The minimum absolute atomic E-state index is 0.193. The summed E-state index contributed by atoms with van der Waals surface area (Å²) in [6.45, 7) is 5.50. The summed E-state index contributed by atoms with van der Waals surface area (Å²) in [4.78, 5) is 19.2. The van der Waals surface area contributed by atoms with Crippen molar-refractivity contribution < 1.29 is 19.0 Å². The summed E-state index contributed by atoms with van der Waals surface area (Å²) >= 11 is 1.47. The van der Waals surface area contributed by atoms with Crippen LogP contribution in [0.15, 0.2) is 41.6 Å². The molecule has 0 aliphatic carbocycles. The number of carbonyl (C=O) groups is 1. The number of rotatable bonds is 5. The molecule has 0 radical (unpaired) electrons. The maximum absolute atomic E-state index is 12.9. The van der Waals surface area contributed by atoms with Crippen molar-refractivity contribution in [2.45, 2.75) is 32.2 Å². The molecule has 1 atom stereocenters. The van der Waals surface area contributed by atoms with Crippen LogP contribution in [0.5, 0.6) is 17.4 Å². The Morgan fingerprint density at radius 3 is 2.66 bits per heavy atom. The van der Waals surface area contributed by atoms with E-state index in [1.54, 1.807) is 31.3 Å². The van der Waals surface area contributed by atoms with Crippen LogP contribution in [0.4, 0.5) is 5.69 Å². The molecule has 0 spiro atoms. The number of thioether (sulfide) groups is 1. The van der Waals surface area contributed by atoms with Gasteiger partial charge in [-0.1, -0.05) is 30.3 Å². The highest BCUT2D eigenvalue weighted by Crippen LogP contribution is 2.45. The number of nitrogens with zero attached hydrogens (tertiary/aromatic N) is 4. The highest BCUT2D eigenvalue weighted by atomic mass is 32.2. The molecule has 4 rings (SSSR count). The number of methoxy groups -OCH3 is 2. The maximum Gasteiger partial charge on any atom is 0.247 e. The van der Waals surface area contributed by atoms with Gasteiger partial charge in [-0.25, -0.2) is 0 Å². The lowest BCUT2D eigenvalue weighted by molar-refractivity contribution is -0.118. The molecule has 0 unspecified atom stereocenters. The normalized spacial score (nSPS) is 14.7. The molecule has 3 aromatic rings. The van der Waals surface area contributed by atoms with E-state index in [1.165, 1.54) is 18.7 Å². The largest absolute Gasteiger partial charge is 0.497 e. The van der Waals surface area contributed by atoms with E-state index in [-0.39, 0.29) is 5.91 Å². The smallest absolute Gasteiger partial charge is 0.247 e. The number of aryl methyl sites for hydroxylation is 1. The minimum Gasteiger partial charge on any atom is -0.497 e. The van der Waals surface area contributed by atoms with Crippen molar-refractivity contribution in [3.05, 3.63) is 47.5 Å². The molecule has 1 aliphatic rings. The fraction of sp³-hybridized carbons (Fsp3) is 0.304. The van der Waals surface area contributed by atoms with Gasteiger partial charge in [-0.15, -0.1) is 10.2 Å². The van der Waals surface area contributed by atoms with Crippen molar-refractivity contribution in [3.8, 4) is 28.6 Å². The molecule has 1 aromatic heterocycles. The molecular weight excluding hydrogens is 428 g/mol. The molecule has 9 heteroatoms. The lowest BCUT2D eigenvalue weighted by atomic mass is 10.0. The zero-order valence-corrected chi connectivity index (χ0v) is 19.4. The number of amides is 1. The Hall–Kier alpha value is -3.33. The Kier molecular flexibility index (Phi) is 6.18. The van der Waals surface area contributed by atoms with Gasteiger partial charge in [0, 0.05) is 18.6 Å². The first-order chi connectivity index (χ1) is 15.5. The van der Waals surface area contributed by atoms with Crippen LogP contribution >= 0.6 is 11.8 Å². The summed E-state index contributed by atoms with van der Waals surface area (Å²) in [5.41, 5.74) is 3.57.